The van der Waals surface area contributed by atoms with Crippen molar-refractivity contribution in [3.05, 3.63) is 59.7 Å². The Balaban J connectivity index is 1.39. The summed E-state index contributed by atoms with van der Waals surface area (Å²) in [7, 11) is 9.77. The molecule has 0 atom stereocenters. The van der Waals surface area contributed by atoms with E-state index in [-0.39, 0.29) is 64.2 Å². The van der Waals surface area contributed by atoms with Crippen molar-refractivity contribution in [2.75, 3.05) is 128 Å². The van der Waals surface area contributed by atoms with E-state index < -0.39 is 54.6 Å². The molecular formula is C40H58N10O9. The monoisotopic (exact) mass is 822 g/mol. The van der Waals surface area contributed by atoms with Crippen LogP contribution >= 0.6 is 0 Å². The molecule has 1 aliphatic rings. The van der Waals surface area contributed by atoms with Crippen molar-refractivity contribution in [3.63, 3.8) is 0 Å². The van der Waals surface area contributed by atoms with Gasteiger partial charge in [-0.2, -0.15) is 0 Å². The second-order valence-electron chi connectivity index (χ2n) is 14.6. The van der Waals surface area contributed by atoms with E-state index in [0.29, 0.717) is 13.1 Å². The van der Waals surface area contributed by atoms with Gasteiger partial charge in [0, 0.05) is 81.4 Å². The molecule has 3 rings (SSSR count). The lowest BCUT2D eigenvalue weighted by Crippen LogP contribution is -2.49. The quantitative estimate of drug-likeness (QED) is 0.154. The third-order valence-corrected chi connectivity index (χ3v) is 9.96. The normalized spacial score (nSPS) is 11.4. The molecule has 0 saturated heterocycles. The summed E-state index contributed by atoms with van der Waals surface area (Å²) in [6.45, 7) is -1.32. The Morgan fingerprint density at radius 1 is 0.458 bits per heavy atom. The molecule has 2 aromatic rings. The number of likely N-dealkylation sites (N-methyl/N-ethyl adjacent to an activating group) is 7. The van der Waals surface area contributed by atoms with Crippen LogP contribution in [0.2, 0.25) is 0 Å². The fourth-order valence-electron chi connectivity index (χ4n) is 6.22. The molecule has 1 aliphatic carbocycles. The van der Waals surface area contributed by atoms with Gasteiger partial charge in [0.2, 0.25) is 41.4 Å². The summed E-state index contributed by atoms with van der Waals surface area (Å²) < 4.78 is 5.61. The van der Waals surface area contributed by atoms with Gasteiger partial charge in [-0.3, -0.25) is 33.6 Å². The minimum atomic E-state index is -0.694. The fraction of sp³-hybridized carbons (Fsp3) is 0.500. The lowest BCUT2D eigenvalue weighted by molar-refractivity contribution is -0.146. The van der Waals surface area contributed by atoms with Gasteiger partial charge in [-0.25, -0.2) is 4.79 Å². The third kappa shape index (κ3) is 13.2. The molecular weight excluding hydrogens is 765 g/mol. The Kier molecular flexibility index (Phi) is 17.8. The Morgan fingerprint density at radius 2 is 0.746 bits per heavy atom. The lowest BCUT2D eigenvalue weighted by atomic mass is 9.98. The van der Waals surface area contributed by atoms with Crippen molar-refractivity contribution in [1.29, 1.82) is 0 Å². The Bertz CT molecular complexity index is 1810. The first-order chi connectivity index (χ1) is 27.9. The minimum Gasteiger partial charge on any atom is -0.448 e. The average molecular weight is 823 g/mol. The first-order valence-electron chi connectivity index (χ1n) is 19.1. The number of rotatable bonds is 20. The summed E-state index contributed by atoms with van der Waals surface area (Å²) >= 11 is 0. The zero-order valence-electron chi connectivity index (χ0n) is 35.1. The van der Waals surface area contributed by atoms with Crippen molar-refractivity contribution < 1.29 is 43.1 Å². The van der Waals surface area contributed by atoms with E-state index in [2.05, 4.69) is 0 Å². The Labute approximate surface area is 345 Å². The molecule has 59 heavy (non-hydrogen) atoms. The number of hydrogen-bond acceptors (Lipinski definition) is 11. The van der Waals surface area contributed by atoms with Gasteiger partial charge in [0.05, 0.1) is 39.3 Å². The number of benzene rings is 2. The fourth-order valence-corrected chi connectivity index (χ4v) is 6.22. The van der Waals surface area contributed by atoms with Crippen molar-refractivity contribution >= 4 is 47.4 Å². The molecule has 19 nitrogen and oxygen atoms in total. The van der Waals surface area contributed by atoms with E-state index in [0.717, 1.165) is 51.7 Å². The van der Waals surface area contributed by atoms with Gasteiger partial charge in [0.15, 0.2) is 0 Å². The predicted molar refractivity (Wildman–Crippen MR) is 218 cm³/mol. The number of carbonyl (C=O) groups is 8. The number of amides is 8. The first-order valence-corrected chi connectivity index (χ1v) is 19.1. The van der Waals surface area contributed by atoms with E-state index in [1.54, 1.807) is 0 Å². The molecule has 19 heteroatoms. The number of nitrogens with zero attached hydrogens (tertiary/aromatic N) is 8. The van der Waals surface area contributed by atoms with Crippen LogP contribution in [0.3, 0.4) is 0 Å². The van der Waals surface area contributed by atoms with Gasteiger partial charge >= 0.3 is 6.09 Å². The third-order valence-electron chi connectivity index (χ3n) is 9.96. The summed E-state index contributed by atoms with van der Waals surface area (Å²) in [5.41, 5.74) is 15.4. The molecule has 2 aromatic carbocycles. The first kappa shape index (κ1) is 47.3. The molecule has 322 valence electrons. The van der Waals surface area contributed by atoms with Gasteiger partial charge < -0.3 is 55.4 Å². The maximum absolute atomic E-state index is 12.9. The molecule has 4 N–H and O–H groups in total. The van der Waals surface area contributed by atoms with Crippen LogP contribution in [0.4, 0.5) is 4.79 Å². The maximum Gasteiger partial charge on any atom is 0.409 e. The van der Waals surface area contributed by atoms with Crippen LogP contribution in [0.5, 0.6) is 0 Å². The van der Waals surface area contributed by atoms with Gasteiger partial charge in [0.25, 0.3) is 0 Å². The summed E-state index contributed by atoms with van der Waals surface area (Å²) in [4.78, 5) is 112. The van der Waals surface area contributed by atoms with Gasteiger partial charge in [-0.15, -0.1) is 0 Å². The SMILES string of the molecule is CN(CC(=O)N(C)CC(=O)N(C)CC(=O)N(C)CC(=O)N(CCN)CCN)C(=O)CN(C)C(=O)CN(C)C(=O)CN(C)C(=O)OCC1c2ccccc2-c2ccccc21. The molecule has 0 saturated carbocycles. The van der Waals surface area contributed by atoms with E-state index >= 15 is 0 Å². The molecule has 8 amide bonds. The molecule has 0 fully saturated rings. The van der Waals surface area contributed by atoms with Crippen LogP contribution in [0.1, 0.15) is 17.0 Å². The van der Waals surface area contributed by atoms with E-state index in [4.69, 9.17) is 16.2 Å². The largest absolute Gasteiger partial charge is 0.448 e. The zero-order valence-corrected chi connectivity index (χ0v) is 35.1. The van der Waals surface area contributed by atoms with Crippen molar-refractivity contribution in [1.82, 2.24) is 39.2 Å². The smallest absolute Gasteiger partial charge is 0.409 e. The Hall–Kier alpha value is -6.08. The summed E-state index contributed by atoms with van der Waals surface area (Å²) in [6, 6.07) is 15.9. The highest BCUT2D eigenvalue weighted by molar-refractivity contribution is 5.92. The van der Waals surface area contributed by atoms with E-state index in [1.165, 1.54) is 59.1 Å². The molecule has 0 unspecified atom stereocenters. The van der Waals surface area contributed by atoms with Crippen molar-refractivity contribution in [2.24, 2.45) is 11.5 Å². The molecule has 0 heterocycles. The highest BCUT2D eigenvalue weighted by Crippen LogP contribution is 2.44. The van der Waals surface area contributed by atoms with Crippen molar-refractivity contribution in [2.45, 2.75) is 5.92 Å². The zero-order chi connectivity index (χ0) is 44.0. The van der Waals surface area contributed by atoms with Crippen LogP contribution in [0, 0.1) is 0 Å². The number of fused-ring (bicyclic) bond motifs is 3. The van der Waals surface area contributed by atoms with E-state index in [1.807, 2.05) is 48.5 Å². The van der Waals surface area contributed by atoms with E-state index in [9.17, 15) is 38.4 Å². The molecule has 0 spiro atoms. The van der Waals surface area contributed by atoms with Crippen LogP contribution in [-0.2, 0) is 38.3 Å². The number of ether oxygens (including phenoxy) is 1. The van der Waals surface area contributed by atoms with Crippen molar-refractivity contribution in [3.8, 4) is 11.1 Å². The summed E-state index contributed by atoms with van der Waals surface area (Å²) in [5.74, 6) is -3.76. The topological polar surface area (TPSA) is 224 Å². The molecule has 0 radical (unpaired) electrons. The molecule has 0 bridgehead atoms. The van der Waals surface area contributed by atoms with Gasteiger partial charge in [-0.1, -0.05) is 48.5 Å². The maximum atomic E-state index is 12.9. The predicted octanol–water partition coefficient (Wildman–Crippen LogP) is -1.64. The highest BCUT2D eigenvalue weighted by Gasteiger charge is 2.30. The van der Waals surface area contributed by atoms with Crippen LogP contribution < -0.4 is 11.5 Å². The lowest BCUT2D eigenvalue weighted by Gasteiger charge is -2.27. The van der Waals surface area contributed by atoms with Crippen LogP contribution in [-0.4, -0.2) is 215 Å². The summed E-state index contributed by atoms with van der Waals surface area (Å²) in [6.07, 6.45) is -0.694. The number of hydrogen-bond donors (Lipinski definition) is 2. The van der Waals surface area contributed by atoms with Crippen LogP contribution in [0.15, 0.2) is 48.5 Å². The standard InChI is InChI=1S/C40H58N10O9/c1-43(20-33(51)44(2)22-35(53)46(4)24-37(55)48(6)26-39(57)50(18-16-41)19-17-42)34(52)21-45(3)36(54)23-47(5)38(56)25-49(7)40(58)59-27-32-30-14-10-8-12-28(30)29-13-9-11-15-31(29)32/h8-15,32H,16-27,41-42H2,1-7H3. The second-order valence-corrected chi connectivity index (χ2v) is 14.6. The minimum absolute atomic E-state index is 0.0854. The molecule has 0 aromatic heterocycles. The van der Waals surface area contributed by atoms with Gasteiger partial charge in [-0.05, 0) is 22.3 Å². The summed E-state index contributed by atoms with van der Waals surface area (Å²) in [5, 5.41) is 0. The number of nitrogens with two attached hydrogens (primary N) is 2. The average Bonchev–Trinajstić information content (AvgIpc) is 3.52. The number of carbonyl (C=O) groups excluding carboxylic acids is 8. The van der Waals surface area contributed by atoms with Crippen LogP contribution in [0.25, 0.3) is 11.1 Å². The van der Waals surface area contributed by atoms with Gasteiger partial charge in [0.1, 0.15) is 13.2 Å². The second kappa shape index (κ2) is 22.2. The highest BCUT2D eigenvalue weighted by atomic mass is 16.6. The molecule has 0 aliphatic heterocycles. The Morgan fingerprint density at radius 3 is 1.07 bits per heavy atom.